The first-order valence-electron chi connectivity index (χ1n) is 11.1. The van der Waals surface area contributed by atoms with Gasteiger partial charge in [0, 0.05) is 24.9 Å². The highest BCUT2D eigenvalue weighted by Crippen LogP contribution is 2.38. The van der Waals surface area contributed by atoms with Gasteiger partial charge in [-0.1, -0.05) is 12.6 Å². The largest absolute Gasteiger partial charge is 0.494 e. The number of aromatic nitrogens is 5. The number of benzene rings is 1. The van der Waals surface area contributed by atoms with E-state index in [-0.39, 0.29) is 11.7 Å². The molecule has 35 heavy (non-hydrogen) atoms. The van der Waals surface area contributed by atoms with Crippen LogP contribution in [0.4, 0.5) is 11.5 Å². The summed E-state index contributed by atoms with van der Waals surface area (Å²) in [6.45, 7) is 5.93. The van der Waals surface area contributed by atoms with Gasteiger partial charge < -0.3 is 21.1 Å². The third-order valence-corrected chi connectivity index (χ3v) is 5.40. The molecule has 0 radical (unpaired) electrons. The van der Waals surface area contributed by atoms with Gasteiger partial charge in [-0.25, -0.2) is 4.98 Å². The first-order chi connectivity index (χ1) is 16.9. The first kappa shape index (κ1) is 23.7. The molecule has 0 atom stereocenters. The predicted molar refractivity (Wildman–Crippen MR) is 134 cm³/mol. The van der Waals surface area contributed by atoms with E-state index in [1.807, 2.05) is 31.2 Å². The van der Waals surface area contributed by atoms with Gasteiger partial charge >= 0.3 is 0 Å². The van der Waals surface area contributed by atoms with E-state index in [1.54, 1.807) is 37.3 Å². The molecule has 3 aromatic rings. The van der Waals surface area contributed by atoms with Crippen LogP contribution in [0.15, 0.2) is 72.5 Å². The molecule has 2 heterocycles. The summed E-state index contributed by atoms with van der Waals surface area (Å²) >= 11 is 0. The fraction of sp³-hybridized carbons (Fsp3) is 0.240. The van der Waals surface area contributed by atoms with Crippen LogP contribution in [-0.4, -0.2) is 37.9 Å². The summed E-state index contributed by atoms with van der Waals surface area (Å²) in [5.41, 5.74) is 9.41. The molecule has 1 aliphatic rings. The van der Waals surface area contributed by atoms with Gasteiger partial charge in [0.15, 0.2) is 23.2 Å². The third-order valence-electron chi connectivity index (χ3n) is 5.40. The van der Waals surface area contributed by atoms with E-state index in [9.17, 15) is 4.79 Å². The Balaban J connectivity index is 1.70. The van der Waals surface area contributed by atoms with Gasteiger partial charge in [0.05, 0.1) is 35.3 Å². The zero-order valence-corrected chi connectivity index (χ0v) is 19.9. The summed E-state index contributed by atoms with van der Waals surface area (Å²) in [7, 11) is 3.37. The number of anilines is 2. The van der Waals surface area contributed by atoms with E-state index in [0.29, 0.717) is 45.6 Å². The summed E-state index contributed by atoms with van der Waals surface area (Å²) in [4.78, 5) is 17.4. The topological polar surface area (TPSA) is 133 Å². The van der Waals surface area contributed by atoms with Gasteiger partial charge in [0.2, 0.25) is 0 Å². The van der Waals surface area contributed by atoms with Crippen LogP contribution in [0.3, 0.4) is 0 Å². The summed E-state index contributed by atoms with van der Waals surface area (Å²) in [6.07, 6.45) is 6.37. The van der Waals surface area contributed by atoms with Crippen molar-refractivity contribution in [3.05, 3.63) is 78.2 Å². The number of ketones is 1. The number of nitrogens with two attached hydrogens (primary N) is 1. The number of carbonyl (C=O) groups is 1. The van der Waals surface area contributed by atoms with Crippen LogP contribution in [0.2, 0.25) is 0 Å². The molecule has 1 saturated carbocycles. The molecule has 0 unspecified atom stereocenters. The number of rotatable bonds is 10. The van der Waals surface area contributed by atoms with Crippen LogP contribution in [0.5, 0.6) is 5.75 Å². The average molecular weight is 473 g/mol. The van der Waals surface area contributed by atoms with Gasteiger partial charge in [0.1, 0.15) is 6.33 Å². The number of hydrogen-bond acceptors (Lipinski definition) is 9. The molecule has 4 rings (SSSR count). The number of nitrogens with zero attached hydrogens (tertiary/aromatic N) is 5. The standard InChI is InChI=1S/C25H28N8O2/c1-15-8-11-22(31-30-15)28-16(2)12-21(19(13-26)23(34)17-9-10-17)29-20-7-5-6-18(24(20)35-4)25-27-14-33(3)32-25/h5-8,11-14,17,29H,2,9-10,26H2,1,3-4H3,(H,28,31)/b19-13+,21-12+. The van der Waals surface area contributed by atoms with E-state index < -0.39 is 0 Å². The lowest BCUT2D eigenvalue weighted by Crippen LogP contribution is -2.16. The van der Waals surface area contributed by atoms with Crippen molar-refractivity contribution in [2.45, 2.75) is 19.8 Å². The molecule has 1 aliphatic carbocycles. The fourth-order valence-electron chi connectivity index (χ4n) is 3.53. The quantitative estimate of drug-likeness (QED) is 0.300. The number of methoxy groups -OCH3 is 1. The molecule has 2 aromatic heterocycles. The molecule has 0 saturated heterocycles. The number of hydrogen-bond donors (Lipinski definition) is 3. The Morgan fingerprint density at radius 1 is 1.23 bits per heavy atom. The van der Waals surface area contributed by atoms with Gasteiger partial charge in [-0.3, -0.25) is 9.48 Å². The molecule has 1 aromatic carbocycles. The van der Waals surface area contributed by atoms with Crippen molar-refractivity contribution in [3.8, 4) is 17.1 Å². The molecule has 4 N–H and O–H groups in total. The van der Waals surface area contributed by atoms with Crippen LogP contribution in [0, 0.1) is 12.8 Å². The smallest absolute Gasteiger partial charge is 0.184 e. The van der Waals surface area contributed by atoms with Gasteiger partial charge in [0.25, 0.3) is 0 Å². The monoisotopic (exact) mass is 472 g/mol. The zero-order valence-electron chi connectivity index (χ0n) is 19.9. The fourth-order valence-corrected chi connectivity index (χ4v) is 3.53. The number of nitrogens with one attached hydrogen (secondary N) is 2. The Bertz CT molecular complexity index is 1300. The molecular weight excluding hydrogens is 444 g/mol. The summed E-state index contributed by atoms with van der Waals surface area (Å²) in [5.74, 6) is 1.54. The van der Waals surface area contributed by atoms with Crippen molar-refractivity contribution in [2.24, 2.45) is 18.7 Å². The second kappa shape index (κ2) is 10.2. The number of para-hydroxylation sites is 1. The lowest BCUT2D eigenvalue weighted by molar-refractivity contribution is -0.116. The second-order valence-corrected chi connectivity index (χ2v) is 8.24. The molecular formula is C25H28N8O2. The van der Waals surface area contributed by atoms with E-state index >= 15 is 0 Å². The Morgan fingerprint density at radius 2 is 2.03 bits per heavy atom. The van der Waals surface area contributed by atoms with Crippen molar-refractivity contribution < 1.29 is 9.53 Å². The normalized spacial score (nSPS) is 13.9. The molecule has 0 spiro atoms. The Hall–Kier alpha value is -4.47. The molecule has 0 amide bonds. The zero-order chi connectivity index (χ0) is 24.9. The van der Waals surface area contributed by atoms with Crippen molar-refractivity contribution in [2.75, 3.05) is 17.7 Å². The molecule has 180 valence electrons. The van der Waals surface area contributed by atoms with Crippen LogP contribution in [-0.2, 0) is 11.8 Å². The van der Waals surface area contributed by atoms with Crippen LogP contribution < -0.4 is 21.1 Å². The molecule has 0 aliphatic heterocycles. The minimum Gasteiger partial charge on any atom is -0.494 e. The van der Waals surface area contributed by atoms with E-state index in [0.717, 1.165) is 18.5 Å². The predicted octanol–water partition coefficient (Wildman–Crippen LogP) is 3.33. The van der Waals surface area contributed by atoms with Crippen molar-refractivity contribution in [1.29, 1.82) is 0 Å². The van der Waals surface area contributed by atoms with Crippen molar-refractivity contribution in [3.63, 3.8) is 0 Å². The second-order valence-electron chi connectivity index (χ2n) is 8.24. The molecule has 0 bridgehead atoms. The SMILES string of the molecule is C=C(/C=C(Nc1cccc(-c2ncn(C)n2)c1OC)\C(=C/N)C(=O)C1CC1)Nc1ccc(C)nn1. The Morgan fingerprint density at radius 3 is 2.63 bits per heavy atom. The van der Waals surface area contributed by atoms with Crippen molar-refractivity contribution >= 4 is 17.3 Å². The average Bonchev–Trinajstić information content (AvgIpc) is 3.61. The maximum Gasteiger partial charge on any atom is 0.184 e. The highest BCUT2D eigenvalue weighted by molar-refractivity contribution is 6.03. The maximum atomic E-state index is 13.0. The summed E-state index contributed by atoms with van der Waals surface area (Å²) in [5, 5.41) is 19.0. The number of Topliss-reactive ketones (excluding diaryl/α,β-unsaturated/α-hetero) is 1. The number of allylic oxidation sites excluding steroid dienone is 2. The summed E-state index contributed by atoms with van der Waals surface area (Å²) < 4.78 is 7.33. The van der Waals surface area contributed by atoms with Crippen LogP contribution in [0.25, 0.3) is 11.4 Å². The highest BCUT2D eigenvalue weighted by atomic mass is 16.5. The Labute approximate surface area is 203 Å². The number of carbonyl (C=O) groups excluding carboxylic acids is 1. The first-order valence-corrected chi connectivity index (χ1v) is 11.1. The number of aryl methyl sites for hydroxylation is 2. The van der Waals surface area contributed by atoms with Gasteiger partial charge in [-0.05, 0) is 50.1 Å². The third kappa shape index (κ3) is 5.55. The minimum atomic E-state index is -0.0230. The number of ether oxygens (including phenoxy) is 1. The van der Waals surface area contributed by atoms with E-state index in [1.165, 1.54) is 6.20 Å². The Kier molecular flexibility index (Phi) is 6.91. The summed E-state index contributed by atoms with van der Waals surface area (Å²) in [6, 6.07) is 9.22. The highest BCUT2D eigenvalue weighted by Gasteiger charge is 2.33. The van der Waals surface area contributed by atoms with E-state index in [4.69, 9.17) is 10.5 Å². The lowest BCUT2D eigenvalue weighted by Gasteiger charge is -2.18. The lowest BCUT2D eigenvalue weighted by atomic mass is 10.0. The van der Waals surface area contributed by atoms with Crippen LogP contribution >= 0.6 is 0 Å². The van der Waals surface area contributed by atoms with Gasteiger partial charge in [-0.2, -0.15) is 10.2 Å². The minimum absolute atomic E-state index is 0.0179. The van der Waals surface area contributed by atoms with Crippen LogP contribution in [0.1, 0.15) is 18.5 Å². The van der Waals surface area contributed by atoms with E-state index in [2.05, 4.69) is 37.5 Å². The van der Waals surface area contributed by atoms with Crippen molar-refractivity contribution in [1.82, 2.24) is 25.0 Å². The molecule has 10 nitrogen and oxygen atoms in total. The van der Waals surface area contributed by atoms with Gasteiger partial charge in [-0.15, -0.1) is 5.10 Å². The molecule has 10 heteroatoms. The maximum absolute atomic E-state index is 13.0. The molecule has 1 fully saturated rings.